The largest absolute Gasteiger partial charge is 0.349 e. The highest BCUT2D eigenvalue weighted by Crippen LogP contribution is 2.30. The maximum absolute atomic E-state index is 5.78. The first-order chi connectivity index (χ1) is 5.41. The van der Waals surface area contributed by atoms with E-state index in [9.17, 15) is 0 Å². The number of rotatable bonds is 1. The highest BCUT2D eigenvalue weighted by molar-refractivity contribution is 4.78. The molecule has 1 rings (SSSR count). The van der Waals surface area contributed by atoms with Crippen molar-refractivity contribution in [3.05, 3.63) is 0 Å². The van der Waals surface area contributed by atoms with Crippen molar-refractivity contribution in [2.45, 2.75) is 59.0 Å². The lowest BCUT2D eigenvalue weighted by molar-refractivity contribution is -0.283. The smallest absolute Gasteiger partial charge is 0.160 e. The lowest BCUT2D eigenvalue weighted by Gasteiger charge is -2.41. The Morgan fingerprint density at radius 1 is 1.33 bits per heavy atom. The predicted molar refractivity (Wildman–Crippen MR) is 49.0 cm³/mol. The molecule has 1 saturated heterocycles. The van der Waals surface area contributed by atoms with Crippen LogP contribution in [-0.4, -0.2) is 18.0 Å². The first-order valence-electron chi connectivity index (χ1n) is 4.74. The van der Waals surface area contributed by atoms with Crippen LogP contribution in [0.2, 0.25) is 0 Å². The summed E-state index contributed by atoms with van der Waals surface area (Å²) in [6.45, 7) is 10.6. The fraction of sp³-hybridized carbons (Fsp3) is 1.00. The normalized spacial score (nSPS) is 35.5. The van der Waals surface area contributed by atoms with Crippen LogP contribution >= 0.6 is 0 Å². The lowest BCUT2D eigenvalue weighted by Crippen LogP contribution is -2.45. The van der Waals surface area contributed by atoms with Gasteiger partial charge in [0.05, 0.1) is 11.7 Å². The standard InChI is InChI=1S/C10H20O2/c1-7(2)9-11-8(3)6-10(4,5)12-9/h7-9H,6H2,1-5H3/t8-,9-/m1/s1. The summed E-state index contributed by atoms with van der Waals surface area (Å²) in [6, 6.07) is 0. The summed E-state index contributed by atoms with van der Waals surface area (Å²) >= 11 is 0. The van der Waals surface area contributed by atoms with Gasteiger partial charge in [-0.15, -0.1) is 0 Å². The molecule has 0 spiro atoms. The van der Waals surface area contributed by atoms with Gasteiger partial charge in [0, 0.05) is 12.3 Å². The molecular formula is C10H20O2. The van der Waals surface area contributed by atoms with E-state index in [2.05, 4.69) is 34.6 Å². The van der Waals surface area contributed by atoms with Gasteiger partial charge in [-0.05, 0) is 20.8 Å². The molecule has 0 saturated carbocycles. The molecule has 1 aliphatic rings. The summed E-state index contributed by atoms with van der Waals surface area (Å²) in [7, 11) is 0. The molecule has 0 radical (unpaired) electrons. The lowest BCUT2D eigenvalue weighted by atomic mass is 9.99. The summed E-state index contributed by atoms with van der Waals surface area (Å²) in [6.07, 6.45) is 1.28. The quantitative estimate of drug-likeness (QED) is 0.605. The molecule has 1 heterocycles. The molecule has 0 aliphatic carbocycles. The third kappa shape index (κ3) is 2.46. The first-order valence-corrected chi connectivity index (χ1v) is 4.74. The van der Waals surface area contributed by atoms with E-state index in [0.717, 1.165) is 6.42 Å². The number of ether oxygens (including phenoxy) is 2. The van der Waals surface area contributed by atoms with Crippen LogP contribution in [0.1, 0.15) is 41.0 Å². The van der Waals surface area contributed by atoms with Gasteiger partial charge in [-0.1, -0.05) is 13.8 Å². The topological polar surface area (TPSA) is 18.5 Å². The van der Waals surface area contributed by atoms with Gasteiger partial charge in [0.25, 0.3) is 0 Å². The summed E-state index contributed by atoms with van der Waals surface area (Å²) in [5.41, 5.74) is -0.0212. The Morgan fingerprint density at radius 2 is 1.92 bits per heavy atom. The molecule has 0 aromatic carbocycles. The molecular weight excluding hydrogens is 152 g/mol. The van der Waals surface area contributed by atoms with Crippen LogP contribution in [0.5, 0.6) is 0 Å². The van der Waals surface area contributed by atoms with Gasteiger partial charge in [-0.3, -0.25) is 0 Å². The second-order valence-electron chi connectivity index (χ2n) is 4.64. The maximum Gasteiger partial charge on any atom is 0.160 e. The summed E-state index contributed by atoms with van der Waals surface area (Å²) in [5.74, 6) is 0.437. The Bertz CT molecular complexity index is 152. The molecule has 12 heavy (non-hydrogen) atoms. The zero-order chi connectivity index (χ0) is 9.35. The van der Waals surface area contributed by atoms with Gasteiger partial charge in [-0.2, -0.15) is 0 Å². The SMILES string of the molecule is CC(C)[C@@H]1O[C@H](C)CC(C)(C)O1. The van der Waals surface area contributed by atoms with E-state index in [-0.39, 0.29) is 11.9 Å². The van der Waals surface area contributed by atoms with Crippen molar-refractivity contribution in [2.24, 2.45) is 5.92 Å². The van der Waals surface area contributed by atoms with Gasteiger partial charge in [0.1, 0.15) is 0 Å². The Balaban J connectivity index is 2.58. The second-order valence-corrected chi connectivity index (χ2v) is 4.64. The van der Waals surface area contributed by atoms with Gasteiger partial charge in [0.2, 0.25) is 0 Å². The number of hydrogen-bond donors (Lipinski definition) is 0. The molecule has 1 aliphatic heterocycles. The predicted octanol–water partition coefficient (Wildman–Crippen LogP) is 2.57. The molecule has 0 bridgehead atoms. The molecule has 0 unspecified atom stereocenters. The molecule has 0 aromatic heterocycles. The van der Waals surface area contributed by atoms with Gasteiger partial charge in [-0.25, -0.2) is 0 Å². The molecule has 0 amide bonds. The van der Waals surface area contributed by atoms with Crippen LogP contribution in [0, 0.1) is 5.92 Å². The third-order valence-electron chi connectivity index (χ3n) is 2.12. The minimum absolute atomic E-state index is 0.0212. The molecule has 2 atom stereocenters. The van der Waals surface area contributed by atoms with Gasteiger partial charge < -0.3 is 9.47 Å². The summed E-state index contributed by atoms with van der Waals surface area (Å²) < 4.78 is 11.4. The minimum Gasteiger partial charge on any atom is -0.349 e. The van der Waals surface area contributed by atoms with E-state index in [4.69, 9.17) is 9.47 Å². The van der Waals surface area contributed by atoms with Crippen LogP contribution in [0.4, 0.5) is 0 Å². The summed E-state index contributed by atoms with van der Waals surface area (Å²) in [5, 5.41) is 0. The van der Waals surface area contributed by atoms with E-state index >= 15 is 0 Å². The molecule has 72 valence electrons. The Labute approximate surface area is 75.2 Å². The van der Waals surface area contributed by atoms with Gasteiger partial charge >= 0.3 is 0 Å². The minimum atomic E-state index is -0.0243. The van der Waals surface area contributed by atoms with Crippen LogP contribution in [0.3, 0.4) is 0 Å². The van der Waals surface area contributed by atoms with Crippen molar-refractivity contribution in [3.63, 3.8) is 0 Å². The molecule has 2 nitrogen and oxygen atoms in total. The zero-order valence-corrected chi connectivity index (χ0v) is 8.76. The maximum atomic E-state index is 5.78. The van der Waals surface area contributed by atoms with Crippen LogP contribution in [0.25, 0.3) is 0 Å². The highest BCUT2D eigenvalue weighted by atomic mass is 16.7. The molecule has 2 heteroatoms. The van der Waals surface area contributed by atoms with Crippen LogP contribution in [-0.2, 0) is 9.47 Å². The second kappa shape index (κ2) is 3.35. The van der Waals surface area contributed by atoms with E-state index in [1.54, 1.807) is 0 Å². The van der Waals surface area contributed by atoms with Crippen molar-refractivity contribution in [1.82, 2.24) is 0 Å². The Kier molecular flexibility index (Phi) is 2.79. The average molecular weight is 172 g/mol. The van der Waals surface area contributed by atoms with Crippen molar-refractivity contribution in [1.29, 1.82) is 0 Å². The molecule has 1 fully saturated rings. The van der Waals surface area contributed by atoms with E-state index < -0.39 is 0 Å². The zero-order valence-electron chi connectivity index (χ0n) is 8.76. The van der Waals surface area contributed by atoms with E-state index in [1.165, 1.54) is 0 Å². The van der Waals surface area contributed by atoms with E-state index in [0.29, 0.717) is 12.0 Å². The average Bonchev–Trinajstić information content (AvgIpc) is 1.82. The van der Waals surface area contributed by atoms with Crippen molar-refractivity contribution in [2.75, 3.05) is 0 Å². The van der Waals surface area contributed by atoms with Crippen molar-refractivity contribution >= 4 is 0 Å². The fourth-order valence-corrected chi connectivity index (χ4v) is 1.65. The third-order valence-corrected chi connectivity index (χ3v) is 2.12. The monoisotopic (exact) mass is 172 g/mol. The Hall–Kier alpha value is -0.0800. The van der Waals surface area contributed by atoms with Crippen molar-refractivity contribution in [3.8, 4) is 0 Å². The molecule has 0 aromatic rings. The fourth-order valence-electron chi connectivity index (χ4n) is 1.65. The van der Waals surface area contributed by atoms with Gasteiger partial charge in [0.15, 0.2) is 6.29 Å². The Morgan fingerprint density at radius 3 is 2.33 bits per heavy atom. The van der Waals surface area contributed by atoms with Crippen LogP contribution < -0.4 is 0 Å². The van der Waals surface area contributed by atoms with Crippen molar-refractivity contribution < 1.29 is 9.47 Å². The number of hydrogen-bond acceptors (Lipinski definition) is 2. The van der Waals surface area contributed by atoms with E-state index in [1.807, 2.05) is 0 Å². The highest BCUT2D eigenvalue weighted by Gasteiger charge is 2.34. The van der Waals surface area contributed by atoms with Crippen LogP contribution in [0.15, 0.2) is 0 Å². The molecule has 0 N–H and O–H groups in total. The summed E-state index contributed by atoms with van der Waals surface area (Å²) in [4.78, 5) is 0. The first kappa shape index (κ1) is 10.0.